The smallest absolute Gasteiger partial charge is 0.193 e. The minimum Gasteiger partial charge on any atom is -0.341 e. The van der Waals surface area contributed by atoms with Crippen LogP contribution in [0.4, 0.5) is 10.2 Å². The molecule has 0 bridgehead atoms. The summed E-state index contributed by atoms with van der Waals surface area (Å²) in [5.74, 6) is 0.445. The molecule has 4 nitrogen and oxygen atoms in total. The minimum atomic E-state index is -0.441. The van der Waals surface area contributed by atoms with Gasteiger partial charge in [0, 0.05) is 23.0 Å². The highest BCUT2D eigenvalue weighted by Gasteiger charge is 2.19. The standard InChI is InChI=1S/C24H26FN3O/c1-5-9-17(7-3)27-22-14-21(29)23-19(10-6-2)20(25)15-26-24(23)28(22)18-12-8-11-16(4)13-18/h5,7-9,12-16,27H,1,3,6,10-11H2,2,4H3/b17-9+. The van der Waals surface area contributed by atoms with Gasteiger partial charge < -0.3 is 5.32 Å². The number of aryl methyl sites for hydroxylation is 1. The van der Waals surface area contributed by atoms with E-state index >= 15 is 0 Å². The zero-order valence-electron chi connectivity index (χ0n) is 16.9. The predicted molar refractivity (Wildman–Crippen MR) is 119 cm³/mol. The lowest BCUT2D eigenvalue weighted by Gasteiger charge is -2.22. The van der Waals surface area contributed by atoms with Crippen LogP contribution in [0.15, 0.2) is 72.4 Å². The van der Waals surface area contributed by atoms with Crippen LogP contribution in [0.2, 0.25) is 0 Å². The van der Waals surface area contributed by atoms with Crippen LogP contribution in [-0.4, -0.2) is 9.55 Å². The van der Waals surface area contributed by atoms with Crippen LogP contribution in [0.25, 0.3) is 16.7 Å². The van der Waals surface area contributed by atoms with Crippen LogP contribution in [0.1, 0.15) is 32.3 Å². The van der Waals surface area contributed by atoms with Gasteiger partial charge in [0.1, 0.15) is 17.3 Å². The Bertz CT molecular complexity index is 1110. The molecule has 0 aromatic carbocycles. The van der Waals surface area contributed by atoms with Crippen LogP contribution < -0.4 is 10.7 Å². The molecule has 1 aliphatic carbocycles. The van der Waals surface area contributed by atoms with Crippen LogP contribution in [0.5, 0.6) is 0 Å². The molecule has 1 unspecified atom stereocenters. The molecule has 0 fully saturated rings. The number of halogens is 1. The lowest BCUT2D eigenvalue weighted by molar-refractivity contribution is 0.604. The number of aromatic nitrogens is 2. The Hall–Kier alpha value is -3.21. The Balaban J connectivity index is 2.37. The van der Waals surface area contributed by atoms with Crippen molar-refractivity contribution in [3.8, 4) is 0 Å². The Morgan fingerprint density at radius 3 is 2.90 bits per heavy atom. The normalized spacial score (nSPS) is 16.6. The maximum Gasteiger partial charge on any atom is 0.193 e. The Morgan fingerprint density at radius 2 is 2.24 bits per heavy atom. The second-order valence-corrected chi connectivity index (χ2v) is 7.16. The van der Waals surface area contributed by atoms with Gasteiger partial charge >= 0.3 is 0 Å². The van der Waals surface area contributed by atoms with Gasteiger partial charge in [0.15, 0.2) is 5.43 Å². The number of fused-ring (bicyclic) bond motifs is 1. The van der Waals surface area contributed by atoms with E-state index in [9.17, 15) is 9.18 Å². The lowest BCUT2D eigenvalue weighted by Crippen LogP contribution is -2.18. The van der Waals surface area contributed by atoms with Gasteiger partial charge in [0.2, 0.25) is 0 Å². The van der Waals surface area contributed by atoms with Crippen molar-refractivity contribution >= 4 is 22.5 Å². The fourth-order valence-electron chi connectivity index (χ4n) is 3.57. The summed E-state index contributed by atoms with van der Waals surface area (Å²) in [7, 11) is 0. The van der Waals surface area contributed by atoms with Crippen molar-refractivity contribution in [3.05, 3.63) is 89.2 Å². The maximum absolute atomic E-state index is 14.5. The Labute approximate surface area is 170 Å². The lowest BCUT2D eigenvalue weighted by atomic mass is 10.0. The topological polar surface area (TPSA) is 46.9 Å². The number of allylic oxidation sites excluding steroid dienone is 7. The van der Waals surface area contributed by atoms with E-state index in [4.69, 9.17) is 0 Å². The van der Waals surface area contributed by atoms with E-state index in [1.807, 2.05) is 17.6 Å². The van der Waals surface area contributed by atoms with E-state index in [0.29, 0.717) is 40.5 Å². The maximum atomic E-state index is 14.5. The number of rotatable bonds is 7. The molecular weight excluding hydrogens is 365 g/mol. The monoisotopic (exact) mass is 391 g/mol. The molecule has 0 aliphatic heterocycles. The number of hydrogen-bond donors (Lipinski definition) is 1. The van der Waals surface area contributed by atoms with Crippen molar-refractivity contribution < 1.29 is 4.39 Å². The first-order valence-corrected chi connectivity index (χ1v) is 9.84. The van der Waals surface area contributed by atoms with Crippen LogP contribution in [-0.2, 0) is 6.42 Å². The van der Waals surface area contributed by atoms with E-state index in [1.165, 1.54) is 12.3 Å². The molecule has 5 heteroatoms. The van der Waals surface area contributed by atoms with Gasteiger partial charge in [-0.25, -0.2) is 9.37 Å². The SMILES string of the molecule is C=C/C=C(\C=C)Nc1cc(=O)c2c(CCC)c(F)cnc2n1C1=CC(C)CC=C1. The third kappa shape index (κ3) is 4.14. The number of hydrogen-bond acceptors (Lipinski definition) is 3. The Kier molecular flexibility index (Phi) is 6.27. The molecule has 0 saturated heterocycles. The summed E-state index contributed by atoms with van der Waals surface area (Å²) in [4.78, 5) is 17.3. The third-order valence-corrected chi connectivity index (χ3v) is 4.88. The first-order chi connectivity index (χ1) is 14.0. The molecule has 29 heavy (non-hydrogen) atoms. The molecule has 3 rings (SSSR count). The minimum absolute atomic E-state index is 0.260. The van der Waals surface area contributed by atoms with Crippen molar-refractivity contribution in [2.75, 3.05) is 5.32 Å². The fourth-order valence-corrected chi connectivity index (χ4v) is 3.57. The number of pyridine rings is 2. The Morgan fingerprint density at radius 1 is 1.45 bits per heavy atom. The molecule has 1 atom stereocenters. The third-order valence-electron chi connectivity index (χ3n) is 4.88. The molecule has 0 radical (unpaired) electrons. The second-order valence-electron chi connectivity index (χ2n) is 7.16. The van der Waals surface area contributed by atoms with Crippen LogP contribution in [0.3, 0.4) is 0 Å². The molecule has 2 aromatic heterocycles. The van der Waals surface area contributed by atoms with Gasteiger partial charge in [-0.05, 0) is 37.0 Å². The van der Waals surface area contributed by atoms with Crippen molar-refractivity contribution in [2.45, 2.75) is 33.1 Å². The summed E-state index contributed by atoms with van der Waals surface area (Å²) in [5, 5.41) is 3.57. The molecule has 0 saturated carbocycles. The van der Waals surface area contributed by atoms with Gasteiger partial charge in [-0.15, -0.1) is 0 Å². The summed E-state index contributed by atoms with van der Waals surface area (Å²) in [6.07, 6.45) is 14.6. The van der Waals surface area contributed by atoms with Gasteiger partial charge in [-0.2, -0.15) is 0 Å². The predicted octanol–water partition coefficient (Wildman–Crippen LogP) is 5.59. The first kappa shape index (κ1) is 20.5. The summed E-state index contributed by atoms with van der Waals surface area (Å²) in [5.41, 5.74) is 2.18. The summed E-state index contributed by atoms with van der Waals surface area (Å²) < 4.78 is 16.4. The number of anilines is 1. The molecule has 2 aromatic rings. The molecule has 150 valence electrons. The second kappa shape index (κ2) is 8.86. The van der Waals surface area contributed by atoms with E-state index in [2.05, 4.69) is 42.5 Å². The highest BCUT2D eigenvalue weighted by Crippen LogP contribution is 2.29. The highest BCUT2D eigenvalue weighted by atomic mass is 19.1. The van der Waals surface area contributed by atoms with Crippen molar-refractivity contribution in [3.63, 3.8) is 0 Å². The summed E-state index contributed by atoms with van der Waals surface area (Å²) >= 11 is 0. The largest absolute Gasteiger partial charge is 0.341 e. The highest BCUT2D eigenvalue weighted by molar-refractivity contribution is 5.86. The molecule has 1 aliphatic rings. The molecule has 2 heterocycles. The quantitative estimate of drug-likeness (QED) is 0.626. The van der Waals surface area contributed by atoms with E-state index in [0.717, 1.165) is 18.5 Å². The average Bonchev–Trinajstić information content (AvgIpc) is 2.69. The zero-order valence-corrected chi connectivity index (χ0v) is 16.9. The fraction of sp³-hybridized carbons (Fsp3) is 0.250. The number of nitrogens with zero attached hydrogens (tertiary/aromatic N) is 2. The molecule has 1 N–H and O–H groups in total. The van der Waals surface area contributed by atoms with Crippen molar-refractivity contribution in [2.24, 2.45) is 5.92 Å². The average molecular weight is 391 g/mol. The van der Waals surface area contributed by atoms with Crippen molar-refractivity contribution in [1.82, 2.24) is 9.55 Å². The molecule has 0 amide bonds. The first-order valence-electron chi connectivity index (χ1n) is 9.84. The number of nitrogens with one attached hydrogen (secondary N) is 1. The molecular formula is C24H26FN3O. The van der Waals surface area contributed by atoms with Gasteiger partial charge in [-0.3, -0.25) is 9.36 Å². The zero-order chi connectivity index (χ0) is 21.0. The van der Waals surface area contributed by atoms with E-state index in [1.54, 1.807) is 18.2 Å². The van der Waals surface area contributed by atoms with E-state index in [-0.39, 0.29) is 5.43 Å². The van der Waals surface area contributed by atoms with Gasteiger partial charge in [0.05, 0.1) is 11.6 Å². The van der Waals surface area contributed by atoms with Gasteiger partial charge in [0.25, 0.3) is 0 Å². The van der Waals surface area contributed by atoms with Crippen molar-refractivity contribution in [1.29, 1.82) is 0 Å². The van der Waals surface area contributed by atoms with Crippen LogP contribution >= 0.6 is 0 Å². The molecule has 0 spiro atoms. The summed E-state index contributed by atoms with van der Waals surface area (Å²) in [6.45, 7) is 11.6. The summed E-state index contributed by atoms with van der Waals surface area (Å²) in [6, 6.07) is 1.50. The van der Waals surface area contributed by atoms with E-state index < -0.39 is 5.82 Å². The van der Waals surface area contributed by atoms with Gasteiger partial charge in [-0.1, -0.05) is 51.7 Å². The van der Waals surface area contributed by atoms with Crippen LogP contribution in [0, 0.1) is 11.7 Å².